The van der Waals surface area contributed by atoms with Crippen LogP contribution in [-0.4, -0.2) is 39.2 Å². The summed E-state index contributed by atoms with van der Waals surface area (Å²) in [6, 6.07) is 3.68. The minimum absolute atomic E-state index is 0.124. The average molecular weight is 318 g/mol. The van der Waals surface area contributed by atoms with Gasteiger partial charge in [-0.3, -0.25) is 0 Å². The summed E-state index contributed by atoms with van der Waals surface area (Å²) >= 11 is 6.22. The first-order chi connectivity index (χ1) is 9.53. The standard InChI is InChI=1S/C13H16ClNO4S/c14-10-7-12-13(19-4-3-18-12)8-11(10)15-9-1-5-20(16,17)6-2-9/h7-9,15H,1-6H2. The second-order valence-electron chi connectivity index (χ2n) is 5.05. The number of hydrogen-bond acceptors (Lipinski definition) is 5. The Bertz CT molecular complexity index is 603. The Kier molecular flexibility index (Phi) is 3.69. The van der Waals surface area contributed by atoms with Crippen LogP contribution in [0.15, 0.2) is 12.1 Å². The summed E-state index contributed by atoms with van der Waals surface area (Å²) in [5, 5.41) is 3.86. The van der Waals surface area contributed by atoms with Gasteiger partial charge in [0.15, 0.2) is 11.5 Å². The Balaban J connectivity index is 1.74. The molecule has 5 nitrogen and oxygen atoms in total. The van der Waals surface area contributed by atoms with E-state index in [0.717, 1.165) is 5.69 Å². The summed E-state index contributed by atoms with van der Waals surface area (Å²) in [6.07, 6.45) is 1.21. The molecule has 7 heteroatoms. The molecule has 110 valence electrons. The molecule has 2 aliphatic heterocycles. The first kappa shape index (κ1) is 13.8. The fourth-order valence-corrected chi connectivity index (χ4v) is 4.13. The molecule has 1 aromatic carbocycles. The van der Waals surface area contributed by atoms with E-state index in [1.807, 2.05) is 6.07 Å². The van der Waals surface area contributed by atoms with Gasteiger partial charge in [-0.15, -0.1) is 0 Å². The van der Waals surface area contributed by atoms with E-state index in [9.17, 15) is 8.42 Å². The Labute approximate surface area is 123 Å². The maximum absolute atomic E-state index is 11.4. The molecule has 0 saturated carbocycles. The second-order valence-corrected chi connectivity index (χ2v) is 7.76. The lowest BCUT2D eigenvalue weighted by Crippen LogP contribution is -2.32. The fourth-order valence-electron chi connectivity index (χ4n) is 2.43. The number of fused-ring (bicyclic) bond motifs is 1. The van der Waals surface area contributed by atoms with Gasteiger partial charge in [0.2, 0.25) is 0 Å². The molecule has 0 spiro atoms. The third-order valence-corrected chi connectivity index (χ3v) is 5.57. The van der Waals surface area contributed by atoms with E-state index < -0.39 is 9.84 Å². The lowest BCUT2D eigenvalue weighted by atomic mass is 10.1. The van der Waals surface area contributed by atoms with Crippen LogP contribution < -0.4 is 14.8 Å². The molecule has 0 aromatic heterocycles. The van der Waals surface area contributed by atoms with Gasteiger partial charge in [0.05, 0.1) is 22.2 Å². The molecule has 0 aliphatic carbocycles. The van der Waals surface area contributed by atoms with E-state index in [1.165, 1.54) is 0 Å². The molecule has 2 heterocycles. The highest BCUT2D eigenvalue weighted by Gasteiger charge is 2.24. The van der Waals surface area contributed by atoms with Crippen LogP contribution in [0.4, 0.5) is 5.69 Å². The largest absolute Gasteiger partial charge is 0.486 e. The first-order valence-corrected chi connectivity index (χ1v) is 8.79. The van der Waals surface area contributed by atoms with Gasteiger partial charge in [-0.1, -0.05) is 11.6 Å². The molecular formula is C13H16ClNO4S. The van der Waals surface area contributed by atoms with Crippen LogP contribution >= 0.6 is 11.6 Å². The van der Waals surface area contributed by atoms with E-state index >= 15 is 0 Å². The monoisotopic (exact) mass is 317 g/mol. The van der Waals surface area contributed by atoms with Crippen molar-refractivity contribution in [3.05, 3.63) is 17.2 Å². The summed E-state index contributed by atoms with van der Waals surface area (Å²) in [6.45, 7) is 1.05. The van der Waals surface area contributed by atoms with Crippen molar-refractivity contribution in [3.8, 4) is 11.5 Å². The van der Waals surface area contributed by atoms with Crippen LogP contribution in [-0.2, 0) is 9.84 Å². The van der Waals surface area contributed by atoms with Crippen molar-refractivity contribution in [3.63, 3.8) is 0 Å². The highest BCUT2D eigenvalue weighted by atomic mass is 35.5. The Hall–Kier alpha value is -1.14. The van der Waals surface area contributed by atoms with E-state index in [2.05, 4.69) is 5.32 Å². The molecular weight excluding hydrogens is 302 g/mol. The van der Waals surface area contributed by atoms with Gasteiger partial charge in [0.1, 0.15) is 23.1 Å². The number of ether oxygens (including phenoxy) is 2. The van der Waals surface area contributed by atoms with Gasteiger partial charge in [0.25, 0.3) is 0 Å². The Morgan fingerprint density at radius 2 is 1.70 bits per heavy atom. The lowest BCUT2D eigenvalue weighted by Gasteiger charge is -2.26. The third-order valence-electron chi connectivity index (χ3n) is 3.55. The van der Waals surface area contributed by atoms with E-state index in [1.54, 1.807) is 6.07 Å². The van der Waals surface area contributed by atoms with Crippen molar-refractivity contribution in [2.45, 2.75) is 18.9 Å². The predicted octanol–water partition coefficient (Wildman–Crippen LogP) is 2.10. The average Bonchev–Trinajstić information content (AvgIpc) is 2.42. The molecule has 0 amide bonds. The van der Waals surface area contributed by atoms with Crippen LogP contribution in [0.25, 0.3) is 0 Å². The van der Waals surface area contributed by atoms with Crippen molar-refractivity contribution >= 4 is 27.1 Å². The summed E-state index contributed by atoms with van der Waals surface area (Å²) in [7, 11) is -2.85. The fraction of sp³-hybridized carbons (Fsp3) is 0.538. The molecule has 1 saturated heterocycles. The van der Waals surface area contributed by atoms with Crippen LogP contribution in [0.1, 0.15) is 12.8 Å². The number of sulfone groups is 1. The van der Waals surface area contributed by atoms with Gasteiger partial charge >= 0.3 is 0 Å². The number of anilines is 1. The normalized spacial score (nSPS) is 21.4. The molecule has 3 rings (SSSR count). The second kappa shape index (κ2) is 5.33. The number of nitrogens with one attached hydrogen (secondary N) is 1. The quantitative estimate of drug-likeness (QED) is 0.905. The zero-order valence-electron chi connectivity index (χ0n) is 10.9. The summed E-state index contributed by atoms with van der Waals surface area (Å²) in [5.41, 5.74) is 0.764. The maximum atomic E-state index is 11.4. The number of benzene rings is 1. The van der Waals surface area contributed by atoms with Gasteiger partial charge in [0, 0.05) is 18.2 Å². The molecule has 0 radical (unpaired) electrons. The van der Waals surface area contributed by atoms with Crippen LogP contribution in [0.2, 0.25) is 5.02 Å². The Morgan fingerprint density at radius 1 is 1.10 bits per heavy atom. The zero-order valence-corrected chi connectivity index (χ0v) is 12.5. The first-order valence-electron chi connectivity index (χ1n) is 6.60. The zero-order chi connectivity index (χ0) is 14.2. The minimum Gasteiger partial charge on any atom is -0.486 e. The molecule has 0 atom stereocenters. The number of halogens is 1. The van der Waals surface area contributed by atoms with Crippen molar-refractivity contribution in [1.29, 1.82) is 0 Å². The van der Waals surface area contributed by atoms with Crippen molar-refractivity contribution in [1.82, 2.24) is 0 Å². The summed E-state index contributed by atoms with van der Waals surface area (Å²) in [4.78, 5) is 0. The molecule has 0 bridgehead atoms. The Morgan fingerprint density at radius 3 is 2.35 bits per heavy atom. The van der Waals surface area contributed by atoms with Crippen LogP contribution in [0.3, 0.4) is 0 Å². The predicted molar refractivity (Wildman–Crippen MR) is 77.7 cm³/mol. The van der Waals surface area contributed by atoms with E-state index in [0.29, 0.717) is 42.6 Å². The highest BCUT2D eigenvalue weighted by Crippen LogP contribution is 2.38. The van der Waals surface area contributed by atoms with Crippen molar-refractivity contribution in [2.75, 3.05) is 30.0 Å². The molecule has 1 aromatic rings. The van der Waals surface area contributed by atoms with E-state index in [4.69, 9.17) is 21.1 Å². The number of rotatable bonds is 2. The lowest BCUT2D eigenvalue weighted by molar-refractivity contribution is 0.171. The number of hydrogen-bond donors (Lipinski definition) is 1. The van der Waals surface area contributed by atoms with E-state index in [-0.39, 0.29) is 17.5 Å². The highest BCUT2D eigenvalue weighted by molar-refractivity contribution is 7.91. The molecule has 20 heavy (non-hydrogen) atoms. The van der Waals surface area contributed by atoms with Gasteiger partial charge in [-0.05, 0) is 12.8 Å². The van der Waals surface area contributed by atoms with Gasteiger partial charge in [-0.25, -0.2) is 8.42 Å². The van der Waals surface area contributed by atoms with Crippen LogP contribution in [0.5, 0.6) is 11.5 Å². The topological polar surface area (TPSA) is 64.6 Å². The van der Waals surface area contributed by atoms with Crippen LogP contribution in [0, 0.1) is 0 Å². The maximum Gasteiger partial charge on any atom is 0.163 e. The smallest absolute Gasteiger partial charge is 0.163 e. The molecule has 1 N–H and O–H groups in total. The van der Waals surface area contributed by atoms with Gasteiger partial charge in [-0.2, -0.15) is 0 Å². The molecule has 1 fully saturated rings. The van der Waals surface area contributed by atoms with Crippen molar-refractivity contribution < 1.29 is 17.9 Å². The SMILES string of the molecule is O=S1(=O)CCC(Nc2cc3c(cc2Cl)OCCO3)CC1. The third kappa shape index (κ3) is 2.96. The summed E-state index contributed by atoms with van der Waals surface area (Å²) < 4.78 is 33.8. The molecule has 0 unspecified atom stereocenters. The summed E-state index contributed by atoms with van der Waals surface area (Å²) in [5.74, 6) is 1.78. The molecule has 2 aliphatic rings. The van der Waals surface area contributed by atoms with Gasteiger partial charge < -0.3 is 14.8 Å². The van der Waals surface area contributed by atoms with Crippen molar-refractivity contribution in [2.24, 2.45) is 0 Å². The minimum atomic E-state index is -2.85.